The molecule has 0 fully saturated rings. The number of rotatable bonds is 68. The van der Waals surface area contributed by atoms with Crippen LogP contribution in [0.1, 0.15) is 285 Å². The zero-order valence-electron chi connectivity index (χ0n) is 59.8. The van der Waals surface area contributed by atoms with Crippen LogP contribution in [0.5, 0.6) is 0 Å². The molecule has 5 atom stereocenters. The van der Waals surface area contributed by atoms with Gasteiger partial charge in [-0.2, -0.15) is 0 Å². The summed E-state index contributed by atoms with van der Waals surface area (Å²) < 4.78 is 68.2. The molecule has 0 aromatic carbocycles. The topological polar surface area (TPSA) is 237 Å². The third-order valence-corrected chi connectivity index (χ3v) is 16.8. The van der Waals surface area contributed by atoms with Gasteiger partial charge < -0.3 is 33.8 Å². The zero-order chi connectivity index (χ0) is 70.4. The lowest BCUT2D eigenvalue weighted by Crippen LogP contribution is -2.30. The molecule has 5 unspecified atom stereocenters. The average molecular weight is 1390 g/mol. The van der Waals surface area contributed by atoms with Gasteiger partial charge in [0.25, 0.3) is 0 Å². The number of carbonyl (C=O) groups excluding carboxylic acids is 4. The number of allylic oxidation sites excluding steroid dienone is 19. The van der Waals surface area contributed by atoms with E-state index >= 15 is 0 Å². The Kier molecular flexibility index (Phi) is 65.7. The Morgan fingerprint density at radius 1 is 0.312 bits per heavy atom. The fourth-order valence-electron chi connectivity index (χ4n) is 9.30. The third-order valence-electron chi connectivity index (χ3n) is 14.9. The molecule has 3 N–H and O–H groups in total. The van der Waals surface area contributed by atoms with Gasteiger partial charge >= 0.3 is 39.5 Å². The lowest BCUT2D eigenvalue weighted by molar-refractivity contribution is -0.161. The van der Waals surface area contributed by atoms with Crippen molar-refractivity contribution in [2.75, 3.05) is 39.6 Å². The summed E-state index contributed by atoms with van der Waals surface area (Å²) >= 11 is 0. The van der Waals surface area contributed by atoms with Crippen molar-refractivity contribution in [2.45, 2.75) is 303 Å². The fourth-order valence-corrected chi connectivity index (χ4v) is 10.9. The second-order valence-electron chi connectivity index (χ2n) is 24.2. The summed E-state index contributed by atoms with van der Waals surface area (Å²) in [7, 11) is -9.98. The Morgan fingerprint density at radius 3 is 1.00 bits per heavy atom. The van der Waals surface area contributed by atoms with Crippen molar-refractivity contribution in [1.82, 2.24) is 0 Å². The smallest absolute Gasteiger partial charge is 0.462 e. The summed E-state index contributed by atoms with van der Waals surface area (Å²) in [5, 5.41) is 10.6. The van der Waals surface area contributed by atoms with Crippen molar-refractivity contribution in [1.29, 1.82) is 0 Å². The van der Waals surface area contributed by atoms with Gasteiger partial charge in [0.15, 0.2) is 12.2 Å². The van der Waals surface area contributed by atoms with Crippen LogP contribution in [0.3, 0.4) is 0 Å². The van der Waals surface area contributed by atoms with Crippen molar-refractivity contribution >= 4 is 39.5 Å². The zero-order valence-corrected chi connectivity index (χ0v) is 61.5. The molecule has 0 aromatic rings. The maximum atomic E-state index is 13.0. The standard InChI is InChI=1S/C77H130O17P2/c1-5-9-13-17-21-25-29-33-35-39-42-46-50-54-58-62-75(80)88-68-73(94-77(82)64-60-56-52-48-44-40-36-34-30-26-22-18-14-10-6-2)70-92-96(85,86)90-66-71(78)65-89-95(83,84)91-69-72(93-76(81)63-59-55-51-47-43-38-32-28-24-20-16-12-8-4)67-87-74(79)61-57-53-49-45-41-37-31-27-23-19-15-11-7-3/h9,13,15,19,21-22,25-28,31-36,42,46,54,58,71-73,78H,5-8,10-12,14,16-18,20,23-24,29-30,37-41,43-45,47-53,55-57,59-70H2,1-4H3,(H,83,84)(H,85,86)/b13-9-,19-15-,25-21-,26-22-,31-27-,32-28-,35-33-,36-34-,46-42-,58-54-. The van der Waals surface area contributed by atoms with Gasteiger partial charge in [0.2, 0.25) is 0 Å². The molecule has 0 amide bonds. The van der Waals surface area contributed by atoms with Crippen LogP contribution in [0.15, 0.2) is 122 Å². The van der Waals surface area contributed by atoms with Gasteiger partial charge in [-0.1, -0.05) is 246 Å². The monoisotopic (exact) mass is 1390 g/mol. The minimum atomic E-state index is -5.00. The normalized spacial score (nSPS) is 14.7. The van der Waals surface area contributed by atoms with E-state index in [2.05, 4.69) is 125 Å². The molecule has 0 aromatic heterocycles. The summed E-state index contributed by atoms with van der Waals surface area (Å²) in [5.74, 6) is -2.37. The molecule has 0 heterocycles. The highest BCUT2D eigenvalue weighted by Crippen LogP contribution is 2.45. The van der Waals surface area contributed by atoms with Crippen molar-refractivity contribution in [3.8, 4) is 0 Å². The highest BCUT2D eigenvalue weighted by molar-refractivity contribution is 7.47. The number of aliphatic hydroxyl groups is 1. The number of carbonyl (C=O) groups is 4. The van der Waals surface area contributed by atoms with E-state index in [0.717, 1.165) is 161 Å². The van der Waals surface area contributed by atoms with E-state index < -0.39 is 97.5 Å². The van der Waals surface area contributed by atoms with E-state index in [1.54, 1.807) is 6.08 Å². The third kappa shape index (κ3) is 68.0. The molecule has 0 rings (SSSR count). The first-order chi connectivity index (χ1) is 46.7. The summed E-state index contributed by atoms with van der Waals surface area (Å²) in [6.07, 6.45) is 73.7. The molecule has 0 saturated heterocycles. The first-order valence-corrected chi connectivity index (χ1v) is 39.8. The molecular formula is C77H130O17P2. The summed E-state index contributed by atoms with van der Waals surface area (Å²) in [6.45, 7) is 4.48. The van der Waals surface area contributed by atoms with Crippen molar-refractivity contribution in [2.24, 2.45) is 0 Å². The van der Waals surface area contributed by atoms with Gasteiger partial charge in [-0.15, -0.1) is 0 Å². The molecule has 19 heteroatoms. The second-order valence-corrected chi connectivity index (χ2v) is 27.1. The van der Waals surface area contributed by atoms with Crippen molar-refractivity contribution < 1.29 is 80.2 Å². The van der Waals surface area contributed by atoms with Crippen molar-refractivity contribution in [3.63, 3.8) is 0 Å². The molecule has 0 aliphatic rings. The minimum absolute atomic E-state index is 0.0569. The predicted octanol–water partition coefficient (Wildman–Crippen LogP) is 20.8. The molecule has 96 heavy (non-hydrogen) atoms. The van der Waals surface area contributed by atoms with Crippen LogP contribution in [-0.2, 0) is 65.4 Å². The van der Waals surface area contributed by atoms with Gasteiger partial charge in [0, 0.05) is 19.3 Å². The van der Waals surface area contributed by atoms with E-state index in [4.69, 9.17) is 37.0 Å². The maximum absolute atomic E-state index is 13.0. The van der Waals surface area contributed by atoms with Crippen LogP contribution in [-0.4, -0.2) is 96.7 Å². The van der Waals surface area contributed by atoms with Gasteiger partial charge in [-0.05, 0) is 135 Å². The first-order valence-electron chi connectivity index (χ1n) is 36.8. The molecular weight excluding hydrogens is 1260 g/mol. The summed E-state index contributed by atoms with van der Waals surface area (Å²) in [6, 6.07) is 0. The van der Waals surface area contributed by atoms with Gasteiger partial charge in [0.1, 0.15) is 19.3 Å². The van der Waals surface area contributed by atoms with Crippen LogP contribution in [0.4, 0.5) is 0 Å². The minimum Gasteiger partial charge on any atom is -0.462 e. The Labute approximate surface area is 581 Å². The highest BCUT2D eigenvalue weighted by atomic mass is 31.2. The predicted molar refractivity (Wildman–Crippen MR) is 390 cm³/mol. The molecule has 0 spiro atoms. The van der Waals surface area contributed by atoms with Crippen LogP contribution < -0.4 is 0 Å². The Balaban J connectivity index is 5.44. The van der Waals surface area contributed by atoms with E-state index in [1.165, 1.54) is 44.9 Å². The lowest BCUT2D eigenvalue weighted by atomic mass is 10.1. The molecule has 0 saturated carbocycles. The Morgan fingerprint density at radius 2 is 0.604 bits per heavy atom. The number of hydrogen-bond donors (Lipinski definition) is 3. The van der Waals surface area contributed by atoms with Gasteiger partial charge in [-0.25, -0.2) is 9.13 Å². The van der Waals surface area contributed by atoms with Crippen LogP contribution >= 0.6 is 15.6 Å². The summed E-state index contributed by atoms with van der Waals surface area (Å²) in [5.41, 5.74) is 0. The van der Waals surface area contributed by atoms with E-state index in [0.29, 0.717) is 25.7 Å². The largest absolute Gasteiger partial charge is 0.472 e. The first kappa shape index (κ1) is 91.5. The molecule has 0 aliphatic heterocycles. The molecule has 0 radical (unpaired) electrons. The van der Waals surface area contributed by atoms with Crippen LogP contribution in [0, 0.1) is 0 Å². The Hall–Kier alpha value is -4.54. The number of aliphatic hydroxyl groups excluding tert-OH is 1. The van der Waals surface area contributed by atoms with Gasteiger partial charge in [-0.3, -0.25) is 37.3 Å². The lowest BCUT2D eigenvalue weighted by Gasteiger charge is -2.21. The average Bonchev–Trinajstić information content (AvgIpc) is 1.36. The number of esters is 4. The molecule has 17 nitrogen and oxygen atoms in total. The number of ether oxygens (including phenoxy) is 4. The number of hydrogen-bond acceptors (Lipinski definition) is 15. The van der Waals surface area contributed by atoms with E-state index in [1.807, 2.05) is 18.2 Å². The van der Waals surface area contributed by atoms with E-state index in [-0.39, 0.29) is 25.7 Å². The SMILES string of the molecule is CC/C=C\C/C=C\C/C=C\C/C=C\C/C=C\CC(=O)OCC(COP(=O)(O)OCC(O)COP(=O)(O)OCC(COC(=O)CCCCCCC/C=C\C/C=C\CCC)OC(=O)CCCCCCC/C=C\CCCCCC)OC(=O)CCCCCCC/C=C\C/C=C\CCCCC. The maximum Gasteiger partial charge on any atom is 0.472 e. The number of phosphoric acid groups is 2. The Bertz CT molecular complexity index is 2300. The number of unbranched alkanes of at least 4 members (excludes halogenated alkanes) is 23. The fraction of sp³-hybridized carbons (Fsp3) is 0.688. The highest BCUT2D eigenvalue weighted by Gasteiger charge is 2.30. The van der Waals surface area contributed by atoms with E-state index in [9.17, 15) is 43.2 Å². The summed E-state index contributed by atoms with van der Waals surface area (Å²) in [4.78, 5) is 72.6. The second kappa shape index (κ2) is 69.0. The van der Waals surface area contributed by atoms with Crippen LogP contribution in [0.2, 0.25) is 0 Å². The number of phosphoric ester groups is 2. The quantitative estimate of drug-likeness (QED) is 0.0169. The van der Waals surface area contributed by atoms with Gasteiger partial charge in [0.05, 0.1) is 32.8 Å². The molecule has 0 bridgehead atoms. The molecule has 0 aliphatic carbocycles. The van der Waals surface area contributed by atoms with Crippen LogP contribution in [0.25, 0.3) is 0 Å². The van der Waals surface area contributed by atoms with Crippen molar-refractivity contribution in [3.05, 3.63) is 122 Å². The molecule has 550 valence electrons.